The first-order chi connectivity index (χ1) is 8.41. The van der Waals surface area contributed by atoms with Crippen molar-refractivity contribution in [3.63, 3.8) is 0 Å². The second-order valence-electron chi connectivity index (χ2n) is 6.64. The molecule has 1 aromatic rings. The Morgan fingerprint density at radius 3 is 2.32 bits per heavy atom. The van der Waals surface area contributed by atoms with E-state index in [0.29, 0.717) is 0 Å². The molecule has 6 heteroatoms. The van der Waals surface area contributed by atoms with Crippen LogP contribution in [0.25, 0.3) is 0 Å². The van der Waals surface area contributed by atoms with Crippen LogP contribution in [0.15, 0.2) is 23.2 Å². The van der Waals surface area contributed by atoms with E-state index >= 15 is 0 Å². The van der Waals surface area contributed by atoms with Crippen LogP contribution >= 0.6 is 0 Å². The van der Waals surface area contributed by atoms with E-state index in [9.17, 15) is 8.42 Å². The van der Waals surface area contributed by atoms with Crippen LogP contribution in [0, 0.1) is 5.41 Å². The Morgan fingerprint density at radius 1 is 1.26 bits per heavy atom. The third-order valence-corrected chi connectivity index (χ3v) is 4.14. The zero-order chi connectivity index (χ0) is 14.9. The molecule has 0 fully saturated rings. The second-order valence-corrected chi connectivity index (χ2v) is 8.33. The molecule has 1 rings (SSSR count). The lowest BCUT2D eigenvalue weighted by molar-refractivity contribution is 0.269. The molecule has 1 heterocycles. The lowest BCUT2D eigenvalue weighted by atomic mass is 9.82. The number of hydrogen-bond acceptors (Lipinski definition) is 4. The molecule has 0 radical (unpaired) electrons. The van der Waals surface area contributed by atoms with Gasteiger partial charge in [0.2, 0.25) is 10.0 Å². The van der Waals surface area contributed by atoms with Crippen LogP contribution in [0.1, 0.15) is 41.0 Å². The van der Waals surface area contributed by atoms with Crippen molar-refractivity contribution in [2.45, 2.75) is 51.5 Å². The van der Waals surface area contributed by atoms with Gasteiger partial charge in [0.1, 0.15) is 5.82 Å². The molecular formula is C13H23N3O2S. The number of anilines is 1. The molecule has 0 atom stereocenters. The van der Waals surface area contributed by atoms with Gasteiger partial charge in [-0.25, -0.2) is 18.1 Å². The van der Waals surface area contributed by atoms with Crippen LogP contribution in [0.2, 0.25) is 0 Å². The van der Waals surface area contributed by atoms with Gasteiger partial charge in [0.15, 0.2) is 0 Å². The maximum atomic E-state index is 12.3. The highest BCUT2D eigenvalue weighted by Crippen LogP contribution is 2.28. The topological polar surface area (TPSA) is 85.1 Å². The number of pyridine rings is 1. The van der Waals surface area contributed by atoms with Crippen molar-refractivity contribution >= 4 is 15.8 Å². The predicted octanol–water partition coefficient (Wildman–Crippen LogP) is 2.16. The summed E-state index contributed by atoms with van der Waals surface area (Å²) in [5.74, 6) is 0.191. The lowest BCUT2D eigenvalue weighted by Gasteiger charge is -2.32. The van der Waals surface area contributed by atoms with E-state index in [1.165, 1.54) is 18.3 Å². The largest absolute Gasteiger partial charge is 0.384 e. The van der Waals surface area contributed by atoms with Crippen LogP contribution in [0.5, 0.6) is 0 Å². The van der Waals surface area contributed by atoms with Gasteiger partial charge in [-0.1, -0.05) is 20.8 Å². The molecule has 0 aromatic carbocycles. The molecule has 1 aromatic heterocycles. The Balaban J connectivity index is 2.97. The van der Waals surface area contributed by atoms with Crippen LogP contribution < -0.4 is 10.5 Å². The Labute approximate surface area is 115 Å². The van der Waals surface area contributed by atoms with E-state index in [1.54, 1.807) is 0 Å². The molecule has 19 heavy (non-hydrogen) atoms. The summed E-state index contributed by atoms with van der Waals surface area (Å²) in [4.78, 5) is 3.94. The zero-order valence-electron chi connectivity index (χ0n) is 12.2. The maximum absolute atomic E-state index is 12.3. The molecule has 5 nitrogen and oxygen atoms in total. The molecule has 0 spiro atoms. The zero-order valence-corrected chi connectivity index (χ0v) is 13.0. The summed E-state index contributed by atoms with van der Waals surface area (Å²) in [5, 5.41) is 0. The number of nitrogens with two attached hydrogens (primary N) is 1. The molecule has 0 amide bonds. The average Bonchev–Trinajstić information content (AvgIpc) is 2.11. The van der Waals surface area contributed by atoms with E-state index in [-0.39, 0.29) is 16.1 Å². The van der Waals surface area contributed by atoms with Gasteiger partial charge in [-0.3, -0.25) is 0 Å². The monoisotopic (exact) mass is 285 g/mol. The highest BCUT2D eigenvalue weighted by molar-refractivity contribution is 7.89. The third kappa shape index (κ3) is 5.16. The third-order valence-electron chi connectivity index (χ3n) is 2.45. The Kier molecular flexibility index (Phi) is 4.27. The van der Waals surface area contributed by atoms with Gasteiger partial charge in [-0.2, -0.15) is 0 Å². The van der Waals surface area contributed by atoms with Gasteiger partial charge < -0.3 is 5.73 Å². The van der Waals surface area contributed by atoms with E-state index in [0.717, 1.165) is 6.42 Å². The predicted molar refractivity (Wildman–Crippen MR) is 77.1 cm³/mol. The molecule has 0 unspecified atom stereocenters. The van der Waals surface area contributed by atoms with E-state index < -0.39 is 15.6 Å². The van der Waals surface area contributed by atoms with Crippen molar-refractivity contribution in [1.29, 1.82) is 0 Å². The minimum absolute atomic E-state index is 0.0310. The summed E-state index contributed by atoms with van der Waals surface area (Å²) >= 11 is 0. The van der Waals surface area contributed by atoms with Crippen molar-refractivity contribution in [1.82, 2.24) is 9.71 Å². The van der Waals surface area contributed by atoms with Crippen molar-refractivity contribution in [2.75, 3.05) is 5.73 Å². The molecule has 0 saturated heterocycles. The number of nitrogens with zero attached hydrogens (tertiary/aromatic N) is 1. The number of sulfonamides is 1. The molecular weight excluding hydrogens is 262 g/mol. The van der Waals surface area contributed by atoms with Crippen LogP contribution in [-0.2, 0) is 10.0 Å². The van der Waals surface area contributed by atoms with Gasteiger partial charge in [0.05, 0.1) is 4.90 Å². The van der Waals surface area contributed by atoms with Crippen LogP contribution in [0.3, 0.4) is 0 Å². The van der Waals surface area contributed by atoms with Gasteiger partial charge in [0.25, 0.3) is 0 Å². The highest BCUT2D eigenvalue weighted by atomic mass is 32.2. The first kappa shape index (κ1) is 15.9. The Bertz CT molecular complexity index is 545. The van der Waals surface area contributed by atoms with E-state index in [1.807, 2.05) is 13.8 Å². The maximum Gasteiger partial charge on any atom is 0.241 e. The minimum atomic E-state index is -3.58. The molecule has 0 aliphatic rings. The fraction of sp³-hybridized carbons (Fsp3) is 0.615. The first-order valence-electron chi connectivity index (χ1n) is 6.17. The molecule has 0 aliphatic carbocycles. The molecule has 3 N–H and O–H groups in total. The molecule has 0 saturated carbocycles. The summed E-state index contributed by atoms with van der Waals surface area (Å²) < 4.78 is 27.3. The van der Waals surface area contributed by atoms with Gasteiger partial charge in [-0.05, 0) is 31.7 Å². The Morgan fingerprint density at radius 2 is 1.84 bits per heavy atom. The quantitative estimate of drug-likeness (QED) is 0.887. The second kappa shape index (κ2) is 5.09. The van der Waals surface area contributed by atoms with Crippen LogP contribution in [0.4, 0.5) is 5.82 Å². The summed E-state index contributed by atoms with van der Waals surface area (Å²) in [6, 6.07) is 2.79. The summed E-state index contributed by atoms with van der Waals surface area (Å²) in [6.07, 6.45) is 2.11. The lowest BCUT2D eigenvalue weighted by Crippen LogP contribution is -2.45. The SMILES string of the molecule is CC(C)(C)CC(C)(C)NS(=O)(=O)c1ccnc(N)c1. The van der Waals surface area contributed by atoms with Crippen molar-refractivity contribution in [3.8, 4) is 0 Å². The normalized spacial score (nSPS) is 13.5. The average molecular weight is 285 g/mol. The van der Waals surface area contributed by atoms with E-state index in [2.05, 4.69) is 30.5 Å². The minimum Gasteiger partial charge on any atom is -0.384 e. The number of aromatic nitrogens is 1. The molecule has 0 aliphatic heterocycles. The first-order valence-corrected chi connectivity index (χ1v) is 7.65. The fourth-order valence-electron chi connectivity index (χ4n) is 2.38. The molecule has 0 bridgehead atoms. The smallest absolute Gasteiger partial charge is 0.241 e. The number of rotatable bonds is 4. The summed E-state index contributed by atoms with van der Waals surface area (Å²) in [5.41, 5.74) is 5.02. The van der Waals surface area contributed by atoms with E-state index in [4.69, 9.17) is 5.73 Å². The van der Waals surface area contributed by atoms with Crippen LogP contribution in [-0.4, -0.2) is 18.9 Å². The van der Waals surface area contributed by atoms with Gasteiger partial charge >= 0.3 is 0 Å². The molecule has 108 valence electrons. The Hall–Kier alpha value is -1.14. The van der Waals surface area contributed by atoms with Crippen molar-refractivity contribution < 1.29 is 8.42 Å². The number of nitrogen functional groups attached to an aromatic ring is 1. The fourth-order valence-corrected chi connectivity index (χ4v) is 3.81. The summed E-state index contributed by atoms with van der Waals surface area (Å²) in [6.45, 7) is 9.98. The standard InChI is InChI=1S/C13H23N3O2S/c1-12(2,3)9-13(4,5)16-19(17,18)10-6-7-15-11(14)8-10/h6-8,16H,9H2,1-5H3,(H2,14,15). The highest BCUT2D eigenvalue weighted by Gasteiger charge is 2.30. The number of hydrogen-bond donors (Lipinski definition) is 2. The summed E-state index contributed by atoms with van der Waals surface area (Å²) in [7, 11) is -3.58. The van der Waals surface area contributed by atoms with Crippen molar-refractivity contribution in [3.05, 3.63) is 18.3 Å². The van der Waals surface area contributed by atoms with Gasteiger partial charge in [-0.15, -0.1) is 0 Å². The van der Waals surface area contributed by atoms with Crippen molar-refractivity contribution in [2.24, 2.45) is 5.41 Å². The van der Waals surface area contributed by atoms with Gasteiger partial charge in [0, 0.05) is 17.8 Å². The number of nitrogens with one attached hydrogen (secondary N) is 1.